The minimum Gasteiger partial charge on any atom is -0.385 e. The Bertz CT molecular complexity index is 1230. The summed E-state index contributed by atoms with van der Waals surface area (Å²) in [6.07, 6.45) is 0.457. The van der Waals surface area contributed by atoms with E-state index in [1.54, 1.807) is 24.6 Å². The van der Waals surface area contributed by atoms with Crippen molar-refractivity contribution in [2.75, 3.05) is 30.9 Å². The van der Waals surface area contributed by atoms with Crippen LogP contribution in [-0.2, 0) is 11.3 Å². The summed E-state index contributed by atoms with van der Waals surface area (Å²) in [5, 5.41) is 2.87. The van der Waals surface area contributed by atoms with Crippen LogP contribution in [0.4, 0.5) is 11.5 Å². The molecule has 0 aliphatic carbocycles. The summed E-state index contributed by atoms with van der Waals surface area (Å²) >= 11 is 7.25. The van der Waals surface area contributed by atoms with Gasteiger partial charge in [-0.2, -0.15) is 0 Å². The van der Waals surface area contributed by atoms with Crippen LogP contribution in [0.3, 0.4) is 0 Å². The zero-order valence-corrected chi connectivity index (χ0v) is 20.2. The van der Waals surface area contributed by atoms with Gasteiger partial charge in [0.05, 0.1) is 0 Å². The van der Waals surface area contributed by atoms with Gasteiger partial charge >= 0.3 is 5.69 Å². The Morgan fingerprint density at radius 1 is 1.30 bits per heavy atom. The van der Waals surface area contributed by atoms with E-state index >= 15 is 0 Å². The number of nitrogens with zero attached hydrogens (tertiary/aromatic N) is 3. The lowest BCUT2D eigenvalue weighted by atomic mass is 10.2. The lowest BCUT2D eigenvalue weighted by molar-refractivity contribution is 0.0979. The highest BCUT2D eigenvalue weighted by Crippen LogP contribution is 2.27. The van der Waals surface area contributed by atoms with E-state index in [1.165, 1.54) is 20.8 Å². The van der Waals surface area contributed by atoms with E-state index < -0.39 is 17.2 Å². The summed E-state index contributed by atoms with van der Waals surface area (Å²) in [6, 6.07) is 7.12. The largest absolute Gasteiger partial charge is 0.385 e. The maximum atomic E-state index is 13.5. The van der Waals surface area contributed by atoms with Gasteiger partial charge in [0.15, 0.2) is 5.69 Å². The third-order valence-corrected chi connectivity index (χ3v) is 5.96. The van der Waals surface area contributed by atoms with Gasteiger partial charge in [0, 0.05) is 42.8 Å². The van der Waals surface area contributed by atoms with Gasteiger partial charge in [0.1, 0.15) is 16.5 Å². The van der Waals surface area contributed by atoms with Crippen molar-refractivity contribution in [2.45, 2.75) is 26.8 Å². The summed E-state index contributed by atoms with van der Waals surface area (Å²) in [5.41, 5.74) is 5.83. The molecule has 0 aliphatic rings. The highest BCUT2D eigenvalue weighted by Gasteiger charge is 2.27. The molecule has 3 aromatic rings. The molecule has 0 radical (unpaired) electrons. The molecule has 9 nitrogen and oxygen atoms in total. The molecule has 3 rings (SSSR count). The molecule has 2 aromatic heterocycles. The number of aromatic amines is 1. The predicted octanol–water partition coefficient (Wildman–Crippen LogP) is 3.24. The maximum absolute atomic E-state index is 13.5. The molecular weight excluding hydrogens is 466 g/mol. The fourth-order valence-corrected chi connectivity index (χ4v) is 4.23. The maximum Gasteiger partial charge on any atom is 0.330 e. The Morgan fingerprint density at radius 2 is 2.00 bits per heavy atom. The van der Waals surface area contributed by atoms with Gasteiger partial charge in [-0.05, 0) is 24.5 Å². The first kappa shape index (κ1) is 24.7. The van der Waals surface area contributed by atoms with E-state index in [4.69, 9.17) is 22.1 Å². The summed E-state index contributed by atoms with van der Waals surface area (Å²) < 4.78 is 6.38. The van der Waals surface area contributed by atoms with Gasteiger partial charge in [-0.15, -0.1) is 11.3 Å². The third kappa shape index (κ3) is 5.70. The van der Waals surface area contributed by atoms with Crippen LogP contribution < -0.4 is 21.9 Å². The summed E-state index contributed by atoms with van der Waals surface area (Å²) in [6.45, 7) is 4.68. The van der Waals surface area contributed by atoms with Crippen LogP contribution in [0.15, 0.2) is 39.2 Å². The number of aromatic nitrogens is 3. The number of nitrogen functional groups attached to an aromatic ring is 1. The van der Waals surface area contributed by atoms with Crippen molar-refractivity contribution in [1.82, 2.24) is 14.5 Å². The molecule has 176 valence electrons. The van der Waals surface area contributed by atoms with Gasteiger partial charge in [-0.3, -0.25) is 24.0 Å². The number of nitrogens with two attached hydrogens (primary N) is 1. The summed E-state index contributed by atoms with van der Waals surface area (Å²) in [5.74, 6) is -0.451. The lowest BCUT2D eigenvalue weighted by Crippen LogP contribution is -2.42. The molecule has 0 fully saturated rings. The SMILES string of the molecule is COCCCN(C(=O)c1csc(-c2ccc(Cl)cc2)n1)c1c(N)n(CC(C)C)c(=O)[nH]c1=O. The molecule has 11 heteroatoms. The minimum absolute atomic E-state index is 0.0589. The number of halogens is 1. The molecule has 1 amide bonds. The Hall–Kier alpha value is -2.95. The van der Waals surface area contributed by atoms with Crippen LogP contribution in [0.2, 0.25) is 5.02 Å². The average molecular weight is 492 g/mol. The van der Waals surface area contributed by atoms with Crippen LogP contribution in [0.25, 0.3) is 10.6 Å². The Balaban J connectivity index is 2.03. The van der Waals surface area contributed by atoms with Crippen molar-refractivity contribution in [2.24, 2.45) is 5.92 Å². The second kappa shape index (κ2) is 10.8. The number of benzene rings is 1. The van der Waals surface area contributed by atoms with Crippen LogP contribution in [-0.4, -0.2) is 40.7 Å². The van der Waals surface area contributed by atoms with Gasteiger partial charge in [-0.1, -0.05) is 37.6 Å². The zero-order valence-electron chi connectivity index (χ0n) is 18.6. The predicted molar refractivity (Wildman–Crippen MR) is 131 cm³/mol. The van der Waals surface area contributed by atoms with Crippen molar-refractivity contribution in [1.29, 1.82) is 0 Å². The topological polar surface area (TPSA) is 123 Å². The second-order valence-electron chi connectivity index (χ2n) is 7.85. The van der Waals surface area contributed by atoms with E-state index in [9.17, 15) is 14.4 Å². The number of methoxy groups -OCH3 is 1. The molecular formula is C22H26ClN5O4S. The number of H-pyrrole nitrogens is 1. The molecule has 0 aliphatic heterocycles. The first-order valence-corrected chi connectivity index (χ1v) is 11.6. The number of carbonyl (C=O) groups is 1. The highest BCUT2D eigenvalue weighted by atomic mass is 35.5. The molecule has 3 N–H and O–H groups in total. The van der Waals surface area contributed by atoms with Gasteiger partial charge in [0.2, 0.25) is 0 Å². The second-order valence-corrected chi connectivity index (χ2v) is 9.14. The van der Waals surface area contributed by atoms with E-state index in [-0.39, 0.29) is 29.7 Å². The number of nitrogens with one attached hydrogen (secondary N) is 1. The number of rotatable bonds is 9. The number of thiazole rings is 1. The third-order valence-electron chi connectivity index (χ3n) is 4.82. The molecule has 0 spiro atoms. The number of hydrogen-bond donors (Lipinski definition) is 2. The van der Waals surface area contributed by atoms with Gasteiger partial charge in [0.25, 0.3) is 11.5 Å². The van der Waals surface area contributed by atoms with Crippen LogP contribution in [0.5, 0.6) is 0 Å². The Morgan fingerprint density at radius 3 is 2.64 bits per heavy atom. The van der Waals surface area contributed by atoms with E-state index in [0.717, 1.165) is 5.56 Å². The van der Waals surface area contributed by atoms with Crippen molar-refractivity contribution >= 4 is 40.4 Å². The Labute approximate surface area is 199 Å². The number of amides is 1. The number of hydrogen-bond acceptors (Lipinski definition) is 7. The molecule has 33 heavy (non-hydrogen) atoms. The van der Waals surface area contributed by atoms with E-state index in [0.29, 0.717) is 29.6 Å². The van der Waals surface area contributed by atoms with Crippen molar-refractivity contribution in [3.8, 4) is 10.6 Å². The van der Waals surface area contributed by atoms with Crippen molar-refractivity contribution in [3.63, 3.8) is 0 Å². The van der Waals surface area contributed by atoms with Crippen molar-refractivity contribution in [3.05, 3.63) is 61.2 Å². The summed E-state index contributed by atoms with van der Waals surface area (Å²) in [4.78, 5) is 46.6. The lowest BCUT2D eigenvalue weighted by Gasteiger charge is -2.24. The molecule has 1 aromatic carbocycles. The first-order chi connectivity index (χ1) is 15.7. The standard InChI is InChI=1S/C22H26ClN5O4S/c1-13(2)11-28-18(24)17(19(29)26-22(28)31)27(9-4-10-32-3)21(30)16-12-33-20(25-16)14-5-7-15(23)8-6-14/h5-8,12-13H,4,9-11,24H2,1-3H3,(H,26,29,31). The average Bonchev–Trinajstić information content (AvgIpc) is 3.25. The smallest absolute Gasteiger partial charge is 0.330 e. The van der Waals surface area contributed by atoms with E-state index in [2.05, 4.69) is 9.97 Å². The molecule has 0 bridgehead atoms. The monoisotopic (exact) mass is 491 g/mol. The van der Waals surface area contributed by atoms with Crippen LogP contribution in [0.1, 0.15) is 30.8 Å². The molecule has 0 atom stereocenters. The minimum atomic E-state index is -0.726. The number of carbonyl (C=O) groups excluding carboxylic acids is 1. The molecule has 0 unspecified atom stereocenters. The van der Waals surface area contributed by atoms with Crippen LogP contribution in [0, 0.1) is 5.92 Å². The highest BCUT2D eigenvalue weighted by molar-refractivity contribution is 7.13. The normalized spacial score (nSPS) is 11.2. The Kier molecular flexibility index (Phi) is 8.06. The first-order valence-electron chi connectivity index (χ1n) is 10.4. The van der Waals surface area contributed by atoms with Crippen molar-refractivity contribution < 1.29 is 9.53 Å². The number of anilines is 2. The number of ether oxygens (including phenoxy) is 1. The molecule has 2 heterocycles. The quantitative estimate of drug-likeness (QED) is 0.443. The zero-order chi connectivity index (χ0) is 24.1. The fraction of sp³-hybridized carbons (Fsp3) is 0.364. The van der Waals surface area contributed by atoms with Gasteiger partial charge in [-0.25, -0.2) is 9.78 Å². The van der Waals surface area contributed by atoms with Crippen LogP contribution >= 0.6 is 22.9 Å². The summed E-state index contributed by atoms with van der Waals surface area (Å²) in [7, 11) is 1.55. The van der Waals surface area contributed by atoms with E-state index in [1.807, 2.05) is 26.0 Å². The van der Waals surface area contributed by atoms with Gasteiger partial charge < -0.3 is 10.5 Å². The fourth-order valence-electron chi connectivity index (χ4n) is 3.30. The molecule has 0 saturated carbocycles. The molecule has 0 saturated heterocycles.